The van der Waals surface area contributed by atoms with Crippen molar-refractivity contribution in [1.29, 1.82) is 0 Å². The Bertz CT molecular complexity index is 2750. The van der Waals surface area contributed by atoms with E-state index in [1.165, 1.54) is 13.8 Å². The fourth-order valence-corrected chi connectivity index (χ4v) is 8.83. The van der Waals surface area contributed by atoms with Crippen LogP contribution < -0.4 is 70.8 Å². The first-order valence-corrected chi connectivity index (χ1v) is 27.1. The van der Waals surface area contributed by atoms with Gasteiger partial charge in [0.05, 0.1) is 19.3 Å². The largest absolute Gasteiger partial charge is 0.394 e. The maximum absolute atomic E-state index is 14.6. The molecule has 0 aliphatic heterocycles. The molecule has 0 saturated carbocycles. The number of H-pyrrole nitrogens is 2. The van der Waals surface area contributed by atoms with Gasteiger partial charge in [-0.15, -0.1) is 0 Å². The van der Waals surface area contributed by atoms with E-state index in [9.17, 15) is 58.5 Å². The number of nitrogens with two attached hydrogens (primary N) is 4. The van der Waals surface area contributed by atoms with Gasteiger partial charge in [0.1, 0.15) is 54.6 Å². The zero-order chi connectivity index (χ0) is 59.9. The zero-order valence-electron chi connectivity index (χ0n) is 46.5. The summed E-state index contributed by atoms with van der Waals surface area (Å²) >= 11 is 0. The molecule has 0 fully saturated rings. The Morgan fingerprint density at radius 3 is 1.46 bits per heavy atom. The van der Waals surface area contributed by atoms with Gasteiger partial charge in [-0.1, -0.05) is 63.6 Å². The molecule has 0 saturated heterocycles. The predicted octanol–water partition coefficient (Wildman–Crippen LogP) is -3.43. The highest BCUT2D eigenvalue weighted by atomic mass is 16.3. The van der Waals surface area contributed by atoms with Crippen LogP contribution in [0.15, 0.2) is 60.9 Å². The molecule has 0 radical (unpaired) electrons. The number of aromatic amines is 2. The summed E-state index contributed by atoms with van der Waals surface area (Å²) in [6, 6.07) is 2.49. The highest BCUT2D eigenvalue weighted by molar-refractivity contribution is 5.99. The number of benzene rings is 2. The number of para-hydroxylation sites is 2. The van der Waals surface area contributed by atoms with Gasteiger partial charge in [-0.3, -0.25) is 48.5 Å². The molecular weight excluding hydrogens is 1050 g/mol. The molecule has 22 N–H and O–H groups in total. The number of unbranched alkanes of at least 4 members (excludes halogenated alkanes) is 1. The number of amides is 9. The minimum atomic E-state index is -1.76. The van der Waals surface area contributed by atoms with E-state index in [-0.39, 0.29) is 44.6 Å². The maximum atomic E-state index is 14.6. The third-order valence-electron chi connectivity index (χ3n) is 13.5. The fourth-order valence-electron chi connectivity index (χ4n) is 8.83. The van der Waals surface area contributed by atoms with E-state index in [4.69, 9.17) is 22.9 Å². The Kier molecular flexibility index (Phi) is 26.6. The van der Waals surface area contributed by atoms with Gasteiger partial charge < -0.3 is 90.8 Å². The van der Waals surface area contributed by atoms with Crippen LogP contribution in [0.25, 0.3) is 21.8 Å². The zero-order valence-corrected chi connectivity index (χ0v) is 46.5. The lowest BCUT2D eigenvalue weighted by molar-refractivity contribution is -0.137. The quantitative estimate of drug-likeness (QED) is 0.0157. The number of aromatic nitrogens is 2. The molecule has 2 aromatic carbocycles. The van der Waals surface area contributed by atoms with Crippen molar-refractivity contribution < 1.29 is 58.5 Å². The van der Waals surface area contributed by atoms with Crippen LogP contribution in [0.1, 0.15) is 84.3 Å². The standard InChI is InChI=1S/C54H83N15O12/c1-28(2)21-39(48(76)62-30(4)45(56)73)66-53(81)44(31(5)72)69-50(78)41(23-33-25-61-37-17-9-7-15-35(33)37)64-47(75)38(18-12-20-59-54(57)58)63-51(79)43(27-71)68-49(77)40(22-32-24-60-36-16-8-6-14-34(32)36)65-52(80)42(26-70)67-46(74)29(3)13-10-11-19-55/h6-9,14-17,24-25,28-31,38-44,54,59-61,70-72H,10-13,18-23,26-27,55,57-58H2,1-5H3,(H2,56,73)(H,62,76)(H,63,79)(H,64,75)(H,65,80)(H,66,81)(H,67,74)(H,68,77)(H,69,78)/t29-,30+,31-,38-,39+,40-,41+,42+,43+,44-/m1/s1. The Labute approximate surface area is 469 Å². The van der Waals surface area contributed by atoms with E-state index in [0.29, 0.717) is 58.7 Å². The Balaban J connectivity index is 1.63. The van der Waals surface area contributed by atoms with Crippen LogP contribution in [0, 0.1) is 11.8 Å². The summed E-state index contributed by atoms with van der Waals surface area (Å²) in [6.45, 7) is 6.56. The summed E-state index contributed by atoms with van der Waals surface area (Å²) in [5.41, 5.74) is 24.8. The lowest BCUT2D eigenvalue weighted by Gasteiger charge is -2.29. The smallest absolute Gasteiger partial charge is 0.245 e. The van der Waals surface area contributed by atoms with Crippen LogP contribution >= 0.6 is 0 Å². The van der Waals surface area contributed by atoms with Gasteiger partial charge in [-0.2, -0.15) is 0 Å². The minimum absolute atomic E-state index is 0.0910. The topological polar surface area (TPSA) is 458 Å². The third-order valence-corrected chi connectivity index (χ3v) is 13.5. The lowest BCUT2D eigenvalue weighted by Crippen LogP contribution is -2.62. The van der Waals surface area contributed by atoms with Crippen molar-refractivity contribution in [1.82, 2.24) is 57.8 Å². The molecule has 81 heavy (non-hydrogen) atoms. The normalized spacial score (nSPS) is 15.2. The van der Waals surface area contributed by atoms with Gasteiger partial charge in [-0.05, 0) is 88.2 Å². The summed E-state index contributed by atoms with van der Waals surface area (Å²) in [6.07, 6.45) is 2.24. The van der Waals surface area contributed by atoms with Crippen molar-refractivity contribution in [2.24, 2.45) is 34.8 Å². The molecule has 4 rings (SSSR count). The first-order valence-electron chi connectivity index (χ1n) is 27.1. The minimum Gasteiger partial charge on any atom is -0.394 e. The number of aliphatic hydroxyl groups excluding tert-OH is 3. The monoisotopic (exact) mass is 1130 g/mol. The van der Waals surface area contributed by atoms with E-state index in [2.05, 4.69) is 57.8 Å². The van der Waals surface area contributed by atoms with Crippen molar-refractivity contribution in [3.05, 3.63) is 72.1 Å². The van der Waals surface area contributed by atoms with Crippen molar-refractivity contribution in [3.8, 4) is 0 Å². The van der Waals surface area contributed by atoms with Crippen LogP contribution in [0.3, 0.4) is 0 Å². The molecule has 27 nitrogen and oxygen atoms in total. The van der Waals surface area contributed by atoms with Crippen LogP contribution in [0.5, 0.6) is 0 Å². The van der Waals surface area contributed by atoms with Crippen LogP contribution in [-0.2, 0) is 56.0 Å². The van der Waals surface area contributed by atoms with Crippen molar-refractivity contribution in [2.75, 3.05) is 26.3 Å². The molecule has 10 atom stereocenters. The summed E-state index contributed by atoms with van der Waals surface area (Å²) < 4.78 is 0. The van der Waals surface area contributed by atoms with Crippen LogP contribution in [0.4, 0.5) is 0 Å². The molecule has 4 aromatic rings. The summed E-state index contributed by atoms with van der Waals surface area (Å²) in [5, 5.41) is 56.3. The summed E-state index contributed by atoms with van der Waals surface area (Å²) in [7, 11) is 0. The van der Waals surface area contributed by atoms with E-state index in [1.807, 2.05) is 0 Å². The second-order valence-electron chi connectivity index (χ2n) is 20.7. The van der Waals surface area contributed by atoms with Gasteiger partial charge in [0.2, 0.25) is 53.2 Å². The van der Waals surface area contributed by atoms with E-state index in [0.717, 1.165) is 0 Å². The highest BCUT2D eigenvalue weighted by Gasteiger charge is 2.36. The number of hydrogen-bond donors (Lipinski definition) is 18. The molecule has 27 heteroatoms. The molecule has 0 unspecified atom stereocenters. The molecule has 446 valence electrons. The number of fused-ring (bicyclic) bond motifs is 2. The van der Waals surface area contributed by atoms with Crippen LogP contribution in [-0.4, -0.2) is 165 Å². The second kappa shape index (κ2) is 32.7. The van der Waals surface area contributed by atoms with E-state index < -0.39 is 133 Å². The van der Waals surface area contributed by atoms with E-state index >= 15 is 0 Å². The van der Waals surface area contributed by atoms with Gasteiger partial charge >= 0.3 is 0 Å². The van der Waals surface area contributed by atoms with Gasteiger partial charge in [-0.25, -0.2) is 0 Å². The Morgan fingerprint density at radius 1 is 0.531 bits per heavy atom. The first-order chi connectivity index (χ1) is 38.5. The van der Waals surface area contributed by atoms with Crippen molar-refractivity contribution in [3.63, 3.8) is 0 Å². The third kappa shape index (κ3) is 20.5. The number of hydrogen-bond acceptors (Lipinski definition) is 16. The number of aliphatic hydroxyl groups is 3. The summed E-state index contributed by atoms with van der Waals surface area (Å²) in [4.78, 5) is 130. The van der Waals surface area contributed by atoms with Crippen molar-refractivity contribution >= 4 is 75.0 Å². The predicted molar refractivity (Wildman–Crippen MR) is 301 cm³/mol. The number of rotatable bonds is 35. The molecule has 0 bridgehead atoms. The fraction of sp³-hybridized carbons (Fsp3) is 0.537. The second-order valence-corrected chi connectivity index (χ2v) is 20.7. The average molecular weight is 1130 g/mol. The molecule has 0 aliphatic carbocycles. The molecule has 9 amide bonds. The number of primary amides is 1. The molecule has 2 aromatic heterocycles. The lowest BCUT2D eigenvalue weighted by atomic mass is 10.0. The Hall–Kier alpha value is -7.53. The average Bonchev–Trinajstić information content (AvgIpc) is 4.05. The number of nitrogens with one attached hydrogen (secondary N) is 11. The van der Waals surface area contributed by atoms with Gasteiger partial charge in [0.15, 0.2) is 0 Å². The Morgan fingerprint density at radius 2 is 0.975 bits per heavy atom. The molecule has 0 aliphatic rings. The number of carbonyl (C=O) groups excluding carboxylic acids is 9. The molecule has 0 spiro atoms. The molecular formula is C54H83N15O12. The van der Waals surface area contributed by atoms with Gasteiger partial charge in [0, 0.05) is 53.0 Å². The maximum Gasteiger partial charge on any atom is 0.245 e. The van der Waals surface area contributed by atoms with Gasteiger partial charge in [0.25, 0.3) is 0 Å². The summed E-state index contributed by atoms with van der Waals surface area (Å²) in [5.74, 6) is -8.60. The van der Waals surface area contributed by atoms with Crippen LogP contribution in [0.2, 0.25) is 0 Å². The molecule has 2 heterocycles. The number of carbonyl (C=O) groups is 9. The highest BCUT2D eigenvalue weighted by Crippen LogP contribution is 2.21. The first kappa shape index (κ1) is 66.0. The SMILES string of the molecule is CC(C)C[C@H](NC(=O)[C@H](NC(=O)[C@H](Cc1c[nH]c2ccccc12)NC(=O)[C@@H](CCCNC(N)N)NC(=O)[C@H](CO)NC(=O)[C@@H](Cc1c[nH]c2ccccc12)NC(=O)[C@H](CO)NC(=O)[C@H](C)CCCCN)[C@@H](C)O)C(=O)N[C@@H](C)C(N)=O. The van der Waals surface area contributed by atoms with E-state index in [1.54, 1.807) is 81.7 Å². The van der Waals surface area contributed by atoms with Crippen molar-refractivity contribution in [2.45, 2.75) is 147 Å².